The molecule has 0 spiro atoms. The number of carbonyl (C=O) groups is 1. The molecule has 1 aromatic carbocycles. The molecule has 0 saturated carbocycles. The fourth-order valence-corrected chi connectivity index (χ4v) is 5.43. The molecule has 1 N–H and O–H groups in total. The highest BCUT2D eigenvalue weighted by atomic mass is 32.2. The fraction of sp³-hybridized carbons (Fsp3) is 0.650. The third kappa shape index (κ3) is 5.04. The van der Waals surface area contributed by atoms with Gasteiger partial charge in [0.2, 0.25) is 10.0 Å². The molecule has 1 aromatic rings. The number of sulfonamides is 1. The van der Waals surface area contributed by atoms with E-state index in [9.17, 15) is 13.2 Å². The van der Waals surface area contributed by atoms with E-state index in [1.54, 1.807) is 6.07 Å². The van der Waals surface area contributed by atoms with E-state index in [0.717, 1.165) is 38.9 Å². The van der Waals surface area contributed by atoms with Crippen molar-refractivity contribution in [2.75, 3.05) is 46.4 Å². The van der Waals surface area contributed by atoms with Crippen LogP contribution in [0, 0.1) is 0 Å². The Hall–Kier alpha value is -1.64. The lowest BCUT2D eigenvalue weighted by molar-refractivity contribution is 0.0943. The first-order valence-corrected chi connectivity index (χ1v) is 11.6. The maximum Gasteiger partial charge on any atom is 0.255 e. The van der Waals surface area contributed by atoms with Crippen molar-refractivity contribution >= 4 is 15.9 Å². The molecule has 2 saturated heterocycles. The van der Waals surface area contributed by atoms with Crippen LogP contribution >= 0.6 is 0 Å². The van der Waals surface area contributed by atoms with E-state index in [0.29, 0.717) is 25.4 Å². The molecular weight excluding hydrogens is 378 g/mol. The molecule has 0 radical (unpaired) electrons. The largest absolute Gasteiger partial charge is 0.496 e. The Balaban J connectivity index is 1.70. The molecule has 7 nitrogen and oxygen atoms in total. The number of rotatable bonds is 7. The molecule has 0 atom stereocenters. The topological polar surface area (TPSA) is 79.0 Å². The second-order valence-corrected chi connectivity index (χ2v) is 9.42. The third-order valence-corrected chi connectivity index (χ3v) is 7.43. The van der Waals surface area contributed by atoms with Crippen LogP contribution in [-0.2, 0) is 10.0 Å². The molecule has 0 aromatic heterocycles. The van der Waals surface area contributed by atoms with Gasteiger partial charge in [-0.1, -0.05) is 12.8 Å². The van der Waals surface area contributed by atoms with Gasteiger partial charge < -0.3 is 15.0 Å². The Morgan fingerprint density at radius 1 is 1.04 bits per heavy atom. The van der Waals surface area contributed by atoms with E-state index >= 15 is 0 Å². The lowest BCUT2D eigenvalue weighted by atomic mass is 10.1. The van der Waals surface area contributed by atoms with Crippen molar-refractivity contribution in [3.8, 4) is 5.75 Å². The standard InChI is InChI=1S/C20H31N3O4S/c1-27-19-9-8-17(28(25,26)23-13-6-3-7-14-23)16-18(19)20(24)21-10-15-22-11-4-2-5-12-22/h8-9,16H,2-7,10-15H2,1H3,(H,21,24). The van der Waals surface area contributed by atoms with Crippen molar-refractivity contribution < 1.29 is 17.9 Å². The average Bonchev–Trinajstić information content (AvgIpc) is 2.74. The van der Waals surface area contributed by atoms with Gasteiger partial charge >= 0.3 is 0 Å². The number of carbonyl (C=O) groups excluding carboxylic acids is 1. The van der Waals surface area contributed by atoms with Crippen molar-refractivity contribution in [1.82, 2.24) is 14.5 Å². The molecule has 2 aliphatic rings. The minimum Gasteiger partial charge on any atom is -0.496 e. The predicted octanol–water partition coefficient (Wildman–Crippen LogP) is 2.09. The number of likely N-dealkylation sites (tertiary alicyclic amines) is 1. The lowest BCUT2D eigenvalue weighted by Crippen LogP contribution is -2.38. The predicted molar refractivity (Wildman–Crippen MR) is 108 cm³/mol. The summed E-state index contributed by atoms with van der Waals surface area (Å²) in [4.78, 5) is 15.2. The average molecular weight is 410 g/mol. The smallest absolute Gasteiger partial charge is 0.255 e. The molecule has 1 amide bonds. The van der Waals surface area contributed by atoms with Gasteiger partial charge in [0.05, 0.1) is 17.6 Å². The number of ether oxygens (including phenoxy) is 1. The van der Waals surface area contributed by atoms with Crippen molar-refractivity contribution in [1.29, 1.82) is 0 Å². The first kappa shape index (κ1) is 21.1. The highest BCUT2D eigenvalue weighted by molar-refractivity contribution is 7.89. The molecule has 0 aliphatic carbocycles. The number of benzene rings is 1. The molecule has 28 heavy (non-hydrogen) atoms. The van der Waals surface area contributed by atoms with Gasteiger partial charge in [0.1, 0.15) is 5.75 Å². The first-order valence-electron chi connectivity index (χ1n) is 10.2. The van der Waals surface area contributed by atoms with Gasteiger partial charge in [0.15, 0.2) is 0 Å². The van der Waals surface area contributed by atoms with Crippen LogP contribution in [0.15, 0.2) is 23.1 Å². The Morgan fingerprint density at radius 2 is 1.68 bits per heavy atom. The van der Waals surface area contributed by atoms with E-state index in [4.69, 9.17) is 4.74 Å². The van der Waals surface area contributed by atoms with Crippen molar-refractivity contribution in [2.24, 2.45) is 0 Å². The number of methoxy groups -OCH3 is 1. The number of amides is 1. The molecule has 0 bridgehead atoms. The molecule has 3 rings (SSSR count). The monoisotopic (exact) mass is 409 g/mol. The summed E-state index contributed by atoms with van der Waals surface area (Å²) in [7, 11) is -2.11. The van der Waals surface area contributed by atoms with Gasteiger partial charge in [-0.2, -0.15) is 4.31 Å². The van der Waals surface area contributed by atoms with E-state index in [1.807, 2.05) is 0 Å². The third-order valence-electron chi connectivity index (χ3n) is 5.53. The quantitative estimate of drug-likeness (QED) is 0.746. The molecule has 156 valence electrons. The summed E-state index contributed by atoms with van der Waals surface area (Å²) in [5, 5.41) is 2.91. The minimum atomic E-state index is -3.59. The molecule has 2 heterocycles. The zero-order valence-corrected chi connectivity index (χ0v) is 17.5. The zero-order chi connectivity index (χ0) is 20.0. The first-order chi connectivity index (χ1) is 13.5. The van der Waals surface area contributed by atoms with Gasteiger partial charge in [-0.05, 0) is 57.0 Å². The van der Waals surface area contributed by atoms with E-state index in [1.165, 1.54) is 42.8 Å². The SMILES string of the molecule is COc1ccc(S(=O)(=O)N2CCCCC2)cc1C(=O)NCCN1CCCCC1. The maximum absolute atomic E-state index is 12.9. The summed E-state index contributed by atoms with van der Waals surface area (Å²) in [6, 6.07) is 4.53. The van der Waals surface area contributed by atoms with Crippen LogP contribution in [0.4, 0.5) is 0 Å². The Morgan fingerprint density at radius 3 is 2.32 bits per heavy atom. The van der Waals surface area contributed by atoms with Gasteiger partial charge in [0.25, 0.3) is 5.91 Å². The van der Waals surface area contributed by atoms with Crippen molar-refractivity contribution in [3.63, 3.8) is 0 Å². The highest BCUT2D eigenvalue weighted by Crippen LogP contribution is 2.26. The lowest BCUT2D eigenvalue weighted by Gasteiger charge is -2.26. The fourth-order valence-electron chi connectivity index (χ4n) is 3.89. The van der Waals surface area contributed by atoms with Gasteiger partial charge in [0, 0.05) is 26.2 Å². The Labute approximate surface area is 168 Å². The van der Waals surface area contributed by atoms with Gasteiger partial charge in [-0.3, -0.25) is 4.79 Å². The van der Waals surface area contributed by atoms with Crippen LogP contribution in [0.5, 0.6) is 5.75 Å². The van der Waals surface area contributed by atoms with E-state index in [2.05, 4.69) is 10.2 Å². The van der Waals surface area contributed by atoms with E-state index < -0.39 is 10.0 Å². The summed E-state index contributed by atoms with van der Waals surface area (Å²) in [6.45, 7) is 4.55. The van der Waals surface area contributed by atoms with Crippen LogP contribution in [0.25, 0.3) is 0 Å². The summed E-state index contributed by atoms with van der Waals surface area (Å²) >= 11 is 0. The van der Waals surface area contributed by atoms with Crippen LogP contribution < -0.4 is 10.1 Å². The maximum atomic E-state index is 12.9. The molecule has 8 heteroatoms. The molecule has 0 unspecified atom stereocenters. The Bertz CT molecular complexity index is 770. The molecule has 2 fully saturated rings. The van der Waals surface area contributed by atoms with E-state index in [-0.39, 0.29) is 16.4 Å². The normalized spacial score (nSPS) is 19.3. The van der Waals surface area contributed by atoms with Crippen LogP contribution in [0.1, 0.15) is 48.9 Å². The van der Waals surface area contributed by atoms with Crippen LogP contribution in [0.3, 0.4) is 0 Å². The summed E-state index contributed by atoms with van der Waals surface area (Å²) in [6.07, 6.45) is 6.49. The van der Waals surface area contributed by atoms with Gasteiger partial charge in [-0.25, -0.2) is 8.42 Å². The van der Waals surface area contributed by atoms with Crippen molar-refractivity contribution in [2.45, 2.75) is 43.4 Å². The summed E-state index contributed by atoms with van der Waals surface area (Å²) in [5.41, 5.74) is 0.263. The molecule has 2 aliphatic heterocycles. The van der Waals surface area contributed by atoms with Gasteiger partial charge in [-0.15, -0.1) is 0 Å². The number of hydrogen-bond donors (Lipinski definition) is 1. The summed E-state index contributed by atoms with van der Waals surface area (Å²) < 4.78 is 32.7. The summed E-state index contributed by atoms with van der Waals surface area (Å²) in [5.74, 6) is 0.0811. The number of hydrogen-bond acceptors (Lipinski definition) is 5. The van der Waals surface area contributed by atoms with Crippen molar-refractivity contribution in [3.05, 3.63) is 23.8 Å². The van der Waals surface area contributed by atoms with Crippen LogP contribution in [0.2, 0.25) is 0 Å². The van der Waals surface area contributed by atoms with Crippen LogP contribution in [-0.4, -0.2) is 69.9 Å². The number of nitrogens with zero attached hydrogens (tertiary/aromatic N) is 2. The highest BCUT2D eigenvalue weighted by Gasteiger charge is 2.27. The zero-order valence-electron chi connectivity index (χ0n) is 16.7. The second kappa shape index (κ2) is 9.71. The Kier molecular flexibility index (Phi) is 7.31. The second-order valence-electron chi connectivity index (χ2n) is 7.49. The minimum absolute atomic E-state index is 0.149. The molecular formula is C20H31N3O4S. The number of piperidine rings is 2. The number of nitrogens with one attached hydrogen (secondary N) is 1.